The Balaban J connectivity index is 2.38. The van der Waals surface area contributed by atoms with Crippen LogP contribution in [0.15, 0.2) is 65.9 Å². The van der Waals surface area contributed by atoms with E-state index in [9.17, 15) is 4.79 Å². The van der Waals surface area contributed by atoms with Gasteiger partial charge in [-0.25, -0.2) is 0 Å². The largest absolute Gasteiger partial charge is 0.294 e. The number of ketones is 1. The van der Waals surface area contributed by atoms with Crippen LogP contribution in [-0.2, 0) is 0 Å². The molecule has 2 rings (SSSR count). The van der Waals surface area contributed by atoms with Crippen molar-refractivity contribution in [2.45, 2.75) is 33.0 Å². The van der Waals surface area contributed by atoms with E-state index in [4.69, 9.17) is 0 Å². The molecule has 0 fully saturated rings. The molecule has 0 aromatic heterocycles. The van der Waals surface area contributed by atoms with Crippen LogP contribution >= 0.6 is 0 Å². The second-order valence-electron chi connectivity index (χ2n) is 6.69. The minimum atomic E-state index is -1.57. The fourth-order valence-electron chi connectivity index (χ4n) is 2.71. The van der Waals surface area contributed by atoms with E-state index in [1.165, 1.54) is 16.3 Å². The van der Waals surface area contributed by atoms with Gasteiger partial charge in [0.2, 0.25) is 0 Å². The highest BCUT2D eigenvalue weighted by molar-refractivity contribution is 6.84. The van der Waals surface area contributed by atoms with Crippen molar-refractivity contribution in [2.24, 2.45) is 0 Å². The topological polar surface area (TPSA) is 17.1 Å². The van der Waals surface area contributed by atoms with Crippen LogP contribution in [0.1, 0.15) is 29.3 Å². The van der Waals surface area contributed by atoms with Crippen LogP contribution in [0.25, 0.3) is 5.57 Å². The van der Waals surface area contributed by atoms with Crippen LogP contribution in [0.5, 0.6) is 0 Å². The predicted molar refractivity (Wildman–Crippen MR) is 97.8 cm³/mol. The van der Waals surface area contributed by atoms with E-state index < -0.39 is 8.07 Å². The minimum Gasteiger partial charge on any atom is -0.294 e. The van der Waals surface area contributed by atoms with Crippen LogP contribution in [0.4, 0.5) is 0 Å². The predicted octanol–water partition coefficient (Wildman–Crippen LogP) is 5.61. The van der Waals surface area contributed by atoms with Crippen LogP contribution in [0, 0.1) is 0 Å². The van der Waals surface area contributed by atoms with E-state index in [1.807, 2.05) is 36.4 Å². The van der Waals surface area contributed by atoms with E-state index in [2.05, 4.69) is 50.8 Å². The SMILES string of the molecule is C/C(=C(\CC(=O)c1ccccc1)[Si](C)(C)C)c1ccccc1. The summed E-state index contributed by atoms with van der Waals surface area (Å²) in [5, 5.41) is 1.34. The van der Waals surface area contributed by atoms with Crippen molar-refractivity contribution in [3.8, 4) is 0 Å². The van der Waals surface area contributed by atoms with Crippen molar-refractivity contribution in [3.05, 3.63) is 77.0 Å². The molecule has 1 nitrogen and oxygen atoms in total. The van der Waals surface area contributed by atoms with Gasteiger partial charge in [0, 0.05) is 12.0 Å². The van der Waals surface area contributed by atoms with E-state index >= 15 is 0 Å². The third kappa shape index (κ3) is 4.05. The van der Waals surface area contributed by atoms with E-state index in [0.717, 1.165) is 5.56 Å². The Morgan fingerprint density at radius 1 is 0.818 bits per heavy atom. The van der Waals surface area contributed by atoms with Crippen molar-refractivity contribution in [1.82, 2.24) is 0 Å². The maximum absolute atomic E-state index is 12.6. The number of benzene rings is 2. The summed E-state index contributed by atoms with van der Waals surface area (Å²) in [6.07, 6.45) is 0.528. The number of hydrogen-bond acceptors (Lipinski definition) is 1. The third-order valence-electron chi connectivity index (χ3n) is 4.00. The van der Waals surface area contributed by atoms with Crippen LogP contribution in [0.3, 0.4) is 0 Å². The first-order valence-corrected chi connectivity index (χ1v) is 11.2. The molecule has 0 spiro atoms. The number of Topliss-reactive ketones (excluding diaryl/α,β-unsaturated/α-hetero) is 1. The van der Waals surface area contributed by atoms with Gasteiger partial charge in [-0.3, -0.25) is 4.79 Å². The highest BCUT2D eigenvalue weighted by Crippen LogP contribution is 2.29. The van der Waals surface area contributed by atoms with Gasteiger partial charge >= 0.3 is 0 Å². The van der Waals surface area contributed by atoms with Gasteiger partial charge in [-0.2, -0.15) is 0 Å². The smallest absolute Gasteiger partial charge is 0.166 e. The summed E-state index contributed by atoms with van der Waals surface area (Å²) < 4.78 is 0. The molecule has 0 saturated carbocycles. The Kier molecular flexibility index (Phi) is 5.14. The van der Waals surface area contributed by atoms with Gasteiger partial charge < -0.3 is 0 Å². The second kappa shape index (κ2) is 6.88. The van der Waals surface area contributed by atoms with Gasteiger partial charge in [-0.05, 0) is 18.1 Å². The van der Waals surface area contributed by atoms with Crippen LogP contribution in [-0.4, -0.2) is 13.9 Å². The monoisotopic (exact) mass is 308 g/mol. The molecule has 0 heterocycles. The van der Waals surface area contributed by atoms with Crippen LogP contribution in [0.2, 0.25) is 19.6 Å². The molecule has 2 aromatic rings. The van der Waals surface area contributed by atoms with Gasteiger partial charge in [0.25, 0.3) is 0 Å². The summed E-state index contributed by atoms with van der Waals surface area (Å²) in [6, 6.07) is 20.0. The molecular weight excluding hydrogens is 284 g/mol. The molecule has 114 valence electrons. The number of carbonyl (C=O) groups is 1. The van der Waals surface area contributed by atoms with Crippen molar-refractivity contribution < 1.29 is 4.79 Å². The summed E-state index contributed by atoms with van der Waals surface area (Å²) in [4.78, 5) is 12.6. The molecule has 0 amide bonds. The van der Waals surface area contributed by atoms with E-state index in [-0.39, 0.29) is 5.78 Å². The number of rotatable bonds is 5. The minimum absolute atomic E-state index is 0.216. The number of carbonyl (C=O) groups excluding carboxylic acids is 1. The second-order valence-corrected chi connectivity index (χ2v) is 11.8. The zero-order valence-corrected chi connectivity index (χ0v) is 14.9. The molecule has 2 heteroatoms. The standard InChI is InChI=1S/C20H24OSi/c1-16(17-11-7-5-8-12-17)20(22(2,3)4)15-19(21)18-13-9-6-10-14-18/h5-14H,15H2,1-4H3/b20-16-. The average Bonchev–Trinajstić information content (AvgIpc) is 2.52. The van der Waals surface area contributed by atoms with Crippen molar-refractivity contribution in [2.75, 3.05) is 0 Å². The molecule has 0 N–H and O–H groups in total. The summed E-state index contributed by atoms with van der Waals surface area (Å²) in [6.45, 7) is 9.09. The Morgan fingerprint density at radius 2 is 1.27 bits per heavy atom. The lowest BCUT2D eigenvalue weighted by atomic mass is 10.0. The van der Waals surface area contributed by atoms with Gasteiger partial charge in [-0.1, -0.05) is 85.5 Å². The lowest BCUT2D eigenvalue weighted by molar-refractivity contribution is 0.0994. The molecule has 0 saturated heterocycles. The van der Waals surface area contributed by atoms with Gasteiger partial charge in [-0.15, -0.1) is 0 Å². The zero-order valence-electron chi connectivity index (χ0n) is 13.9. The molecule has 0 unspecified atom stereocenters. The molecule has 0 aliphatic rings. The van der Waals surface area contributed by atoms with Gasteiger partial charge in [0.05, 0.1) is 8.07 Å². The summed E-state index contributed by atoms with van der Waals surface area (Å²) in [5.74, 6) is 0.216. The normalized spacial score (nSPS) is 12.7. The fourth-order valence-corrected chi connectivity index (χ4v) is 4.67. The summed E-state index contributed by atoms with van der Waals surface area (Å²) in [7, 11) is -1.57. The van der Waals surface area contributed by atoms with Gasteiger partial charge in [0.1, 0.15) is 0 Å². The lowest BCUT2D eigenvalue weighted by Crippen LogP contribution is -2.27. The zero-order chi connectivity index (χ0) is 16.2. The first-order valence-electron chi connectivity index (χ1n) is 7.73. The first-order chi connectivity index (χ1) is 10.4. The molecule has 0 aliphatic carbocycles. The van der Waals surface area contributed by atoms with Crippen LogP contribution < -0.4 is 0 Å². The molecule has 22 heavy (non-hydrogen) atoms. The Hall–Kier alpha value is -1.93. The molecule has 0 bridgehead atoms. The number of hydrogen-bond donors (Lipinski definition) is 0. The Bertz CT molecular complexity index is 664. The molecule has 0 aliphatic heterocycles. The van der Waals surface area contributed by atoms with Crippen molar-refractivity contribution >= 4 is 19.4 Å². The highest BCUT2D eigenvalue weighted by Gasteiger charge is 2.24. The van der Waals surface area contributed by atoms with Gasteiger partial charge in [0.15, 0.2) is 5.78 Å². The maximum Gasteiger partial charge on any atom is 0.166 e. The quantitative estimate of drug-likeness (QED) is 0.518. The first kappa shape index (κ1) is 16.4. The van der Waals surface area contributed by atoms with Crippen molar-refractivity contribution in [3.63, 3.8) is 0 Å². The maximum atomic E-state index is 12.6. The summed E-state index contributed by atoms with van der Waals surface area (Å²) >= 11 is 0. The fraction of sp³-hybridized carbons (Fsp3) is 0.250. The van der Waals surface area contributed by atoms with E-state index in [0.29, 0.717) is 6.42 Å². The molecule has 0 atom stereocenters. The Labute approximate surface area is 134 Å². The molecule has 2 aromatic carbocycles. The summed E-state index contributed by atoms with van der Waals surface area (Å²) in [5.41, 5.74) is 3.30. The van der Waals surface area contributed by atoms with E-state index in [1.54, 1.807) is 0 Å². The highest BCUT2D eigenvalue weighted by atomic mass is 28.3. The Morgan fingerprint density at radius 3 is 1.73 bits per heavy atom. The van der Waals surface area contributed by atoms with Crippen molar-refractivity contribution in [1.29, 1.82) is 0 Å². The average molecular weight is 308 g/mol. The third-order valence-corrected chi connectivity index (χ3v) is 6.36. The molecular formula is C20H24OSi. The molecule has 0 radical (unpaired) electrons. The number of allylic oxidation sites excluding steroid dienone is 2. The lowest BCUT2D eigenvalue weighted by Gasteiger charge is -2.24.